The molecule has 1 atom stereocenters. The van der Waals surface area contributed by atoms with Crippen LogP contribution in [0.4, 0.5) is 8.78 Å². The van der Waals surface area contributed by atoms with Crippen LogP contribution in [0.1, 0.15) is 31.9 Å². The Balaban J connectivity index is 0.00000144. The van der Waals surface area contributed by atoms with E-state index in [1.165, 1.54) is 0 Å². The number of nitrogens with zero attached hydrogens (tertiary/aromatic N) is 1. The zero-order valence-corrected chi connectivity index (χ0v) is 15.4. The minimum absolute atomic E-state index is 0. The lowest BCUT2D eigenvalue weighted by atomic mass is 9.94. The predicted molar refractivity (Wildman–Crippen MR) is 93.8 cm³/mol. The summed E-state index contributed by atoms with van der Waals surface area (Å²) in [5.74, 6) is 0.760. The molecule has 1 aromatic rings. The molecule has 8 heteroatoms. The van der Waals surface area contributed by atoms with E-state index in [0.29, 0.717) is 5.92 Å². The number of alkyl halides is 2. The Morgan fingerprint density at radius 2 is 1.75 bits per heavy atom. The van der Waals surface area contributed by atoms with Gasteiger partial charge in [-0.3, -0.25) is 4.90 Å². The molecule has 0 saturated carbocycles. The quantitative estimate of drug-likeness (QED) is 0.854. The van der Waals surface area contributed by atoms with E-state index in [0.717, 1.165) is 38.2 Å². The zero-order valence-electron chi connectivity index (χ0n) is 13.8. The molecule has 2 aliphatic rings. The van der Waals surface area contributed by atoms with Crippen LogP contribution >= 0.6 is 24.8 Å². The van der Waals surface area contributed by atoms with E-state index < -0.39 is 6.29 Å². The van der Waals surface area contributed by atoms with Crippen LogP contribution in [0.3, 0.4) is 0 Å². The first-order chi connectivity index (χ1) is 10.4. The number of hydrogen-bond acceptors (Lipinski definition) is 4. The second-order valence-electron chi connectivity index (χ2n) is 6.30. The Kier molecular flexibility index (Phi) is 7.53. The monoisotopic (exact) mass is 384 g/mol. The maximum Gasteiger partial charge on any atom is 0.586 e. The molecular formula is C16H24Cl2F2N2O2. The molecule has 1 aromatic carbocycles. The molecular weight excluding hydrogens is 361 g/mol. The second kappa shape index (κ2) is 8.52. The average Bonchev–Trinajstić information content (AvgIpc) is 2.78. The van der Waals surface area contributed by atoms with Crippen LogP contribution < -0.4 is 14.8 Å². The number of benzene rings is 1. The van der Waals surface area contributed by atoms with Crippen molar-refractivity contribution in [1.82, 2.24) is 10.2 Å². The highest BCUT2D eigenvalue weighted by Gasteiger charge is 2.43. The highest BCUT2D eigenvalue weighted by atomic mass is 35.5. The molecule has 0 amide bonds. The van der Waals surface area contributed by atoms with Crippen LogP contribution in [0.2, 0.25) is 0 Å². The van der Waals surface area contributed by atoms with Crippen LogP contribution in [-0.4, -0.2) is 37.4 Å². The third-order valence-electron chi connectivity index (χ3n) is 4.10. The third kappa shape index (κ3) is 4.85. The summed E-state index contributed by atoms with van der Waals surface area (Å²) in [5, 5.41) is 3.34. The van der Waals surface area contributed by atoms with Gasteiger partial charge < -0.3 is 14.8 Å². The lowest BCUT2D eigenvalue weighted by molar-refractivity contribution is -0.286. The number of fused-ring (bicyclic) bond motifs is 1. The van der Waals surface area contributed by atoms with E-state index in [1.807, 2.05) is 6.07 Å². The van der Waals surface area contributed by atoms with Gasteiger partial charge in [0.15, 0.2) is 11.5 Å². The van der Waals surface area contributed by atoms with E-state index >= 15 is 0 Å². The first-order valence-electron chi connectivity index (χ1n) is 7.79. The third-order valence-corrected chi connectivity index (χ3v) is 4.10. The van der Waals surface area contributed by atoms with E-state index in [4.69, 9.17) is 0 Å². The molecule has 0 unspecified atom stereocenters. The Hall–Kier alpha value is -0.820. The minimum atomic E-state index is -3.55. The number of ether oxygens (including phenoxy) is 2. The first-order valence-corrected chi connectivity index (χ1v) is 7.79. The van der Waals surface area contributed by atoms with Crippen molar-refractivity contribution < 1.29 is 18.3 Å². The molecule has 2 aliphatic heterocycles. The van der Waals surface area contributed by atoms with Crippen molar-refractivity contribution in [2.45, 2.75) is 32.6 Å². The Labute approximate surface area is 153 Å². The van der Waals surface area contributed by atoms with E-state index in [1.54, 1.807) is 12.1 Å². The minimum Gasteiger partial charge on any atom is -0.395 e. The lowest BCUT2D eigenvalue weighted by Gasteiger charge is -2.36. The fraction of sp³-hybridized carbons (Fsp3) is 0.625. The van der Waals surface area contributed by atoms with Crippen LogP contribution in [0, 0.1) is 5.92 Å². The van der Waals surface area contributed by atoms with Gasteiger partial charge in [-0.25, -0.2) is 0 Å². The van der Waals surface area contributed by atoms with Crippen LogP contribution in [0.25, 0.3) is 0 Å². The first kappa shape index (κ1) is 21.2. The van der Waals surface area contributed by atoms with Gasteiger partial charge >= 0.3 is 6.29 Å². The summed E-state index contributed by atoms with van der Waals surface area (Å²) >= 11 is 0. The molecule has 4 nitrogen and oxygen atoms in total. The van der Waals surface area contributed by atoms with Crippen molar-refractivity contribution >= 4 is 24.8 Å². The number of halogens is 4. The number of piperazine rings is 1. The molecule has 0 radical (unpaired) electrons. The summed E-state index contributed by atoms with van der Waals surface area (Å²) in [5.41, 5.74) is 1.01. The Morgan fingerprint density at radius 1 is 1.12 bits per heavy atom. The zero-order chi connectivity index (χ0) is 15.7. The molecule has 0 aliphatic carbocycles. The summed E-state index contributed by atoms with van der Waals surface area (Å²) in [6.07, 6.45) is -2.57. The summed E-state index contributed by atoms with van der Waals surface area (Å²) in [6, 6.07) is 5.37. The fourth-order valence-corrected chi connectivity index (χ4v) is 3.11. The average molecular weight is 385 g/mol. The van der Waals surface area contributed by atoms with Gasteiger partial charge in [0, 0.05) is 32.2 Å². The summed E-state index contributed by atoms with van der Waals surface area (Å²) < 4.78 is 35.4. The predicted octanol–water partition coefficient (Wildman–Crippen LogP) is 3.84. The van der Waals surface area contributed by atoms with Gasteiger partial charge in [-0.05, 0) is 30.0 Å². The smallest absolute Gasteiger partial charge is 0.395 e. The second-order valence-corrected chi connectivity index (χ2v) is 6.30. The molecule has 24 heavy (non-hydrogen) atoms. The molecule has 1 N–H and O–H groups in total. The Morgan fingerprint density at radius 3 is 2.38 bits per heavy atom. The molecule has 0 bridgehead atoms. The maximum atomic E-state index is 13.2. The van der Waals surface area contributed by atoms with E-state index in [9.17, 15) is 8.78 Å². The van der Waals surface area contributed by atoms with Gasteiger partial charge in [0.2, 0.25) is 0 Å². The van der Waals surface area contributed by atoms with Crippen molar-refractivity contribution in [2.24, 2.45) is 5.92 Å². The molecule has 1 saturated heterocycles. The molecule has 2 heterocycles. The topological polar surface area (TPSA) is 33.7 Å². The number of rotatable bonds is 4. The number of nitrogens with one attached hydrogen (secondary N) is 1. The van der Waals surface area contributed by atoms with Gasteiger partial charge in [-0.2, -0.15) is 0 Å². The van der Waals surface area contributed by atoms with Gasteiger partial charge in [0.05, 0.1) is 0 Å². The van der Waals surface area contributed by atoms with E-state index in [2.05, 4.69) is 33.5 Å². The van der Waals surface area contributed by atoms with Crippen LogP contribution in [-0.2, 0) is 0 Å². The normalized spacial score (nSPS) is 20.2. The number of hydrogen-bond donors (Lipinski definition) is 1. The molecule has 3 rings (SSSR count). The highest BCUT2D eigenvalue weighted by Crippen LogP contribution is 2.43. The fourth-order valence-electron chi connectivity index (χ4n) is 3.11. The highest BCUT2D eigenvalue weighted by molar-refractivity contribution is 5.85. The summed E-state index contributed by atoms with van der Waals surface area (Å²) in [7, 11) is 0. The van der Waals surface area contributed by atoms with Crippen molar-refractivity contribution in [3.63, 3.8) is 0 Å². The summed E-state index contributed by atoms with van der Waals surface area (Å²) in [4.78, 5) is 2.41. The summed E-state index contributed by atoms with van der Waals surface area (Å²) in [6.45, 7) is 8.19. The molecule has 138 valence electrons. The SMILES string of the molecule is CC(C)C[C@@H](c1ccc2c(c1)OC(F)(F)O2)N1CCNCC1.Cl.Cl. The molecule has 0 spiro atoms. The van der Waals surface area contributed by atoms with Crippen molar-refractivity contribution in [2.75, 3.05) is 26.2 Å². The van der Waals surface area contributed by atoms with Crippen LogP contribution in [0.5, 0.6) is 11.5 Å². The van der Waals surface area contributed by atoms with Crippen molar-refractivity contribution in [1.29, 1.82) is 0 Å². The largest absolute Gasteiger partial charge is 0.586 e. The maximum absolute atomic E-state index is 13.2. The molecule has 1 fully saturated rings. The van der Waals surface area contributed by atoms with E-state index in [-0.39, 0.29) is 42.4 Å². The van der Waals surface area contributed by atoms with Crippen LogP contribution in [0.15, 0.2) is 18.2 Å². The van der Waals surface area contributed by atoms with Crippen molar-refractivity contribution in [3.8, 4) is 11.5 Å². The lowest BCUT2D eigenvalue weighted by Crippen LogP contribution is -2.45. The standard InChI is InChI=1S/C16H22F2N2O2.2ClH/c1-11(2)9-13(20-7-5-19-6-8-20)12-3-4-14-15(10-12)22-16(17,18)21-14;;/h3-4,10-11,13,19H,5-9H2,1-2H3;2*1H/t13-;;/m0../s1. The Bertz CT molecular complexity index is 541. The van der Waals surface area contributed by atoms with Gasteiger partial charge in [-0.1, -0.05) is 19.9 Å². The van der Waals surface area contributed by atoms with Crippen molar-refractivity contribution in [3.05, 3.63) is 23.8 Å². The van der Waals surface area contributed by atoms with Gasteiger partial charge in [0.25, 0.3) is 0 Å². The molecule has 0 aromatic heterocycles. The van der Waals surface area contributed by atoms with Gasteiger partial charge in [-0.15, -0.1) is 33.6 Å². The van der Waals surface area contributed by atoms with Gasteiger partial charge in [0.1, 0.15) is 0 Å².